The molecule has 0 atom stereocenters. The number of rotatable bonds is 16. The van der Waals surface area contributed by atoms with E-state index in [1.807, 2.05) is 18.2 Å². The summed E-state index contributed by atoms with van der Waals surface area (Å²) in [7, 11) is 0. The summed E-state index contributed by atoms with van der Waals surface area (Å²) in [6, 6.07) is 10.3. The van der Waals surface area contributed by atoms with Crippen LogP contribution in [0.1, 0.15) is 78.1 Å². The van der Waals surface area contributed by atoms with Gasteiger partial charge in [-0.25, -0.2) is 0 Å². The van der Waals surface area contributed by atoms with Gasteiger partial charge >= 0.3 is 19.5 Å². The summed E-state index contributed by atoms with van der Waals surface area (Å²) in [5, 5.41) is 0. The van der Waals surface area contributed by atoms with Gasteiger partial charge in [0.2, 0.25) is 0 Å². The molecule has 0 unspecified atom stereocenters. The van der Waals surface area contributed by atoms with E-state index in [1.165, 1.54) is 51.4 Å². The van der Waals surface area contributed by atoms with Gasteiger partial charge in [-0.3, -0.25) is 0 Å². The van der Waals surface area contributed by atoms with Crippen molar-refractivity contribution in [1.82, 2.24) is 0 Å². The molecule has 0 amide bonds. The van der Waals surface area contributed by atoms with E-state index in [0.29, 0.717) is 0 Å². The Morgan fingerprint density at radius 3 is 1.67 bits per heavy atom. The van der Waals surface area contributed by atoms with Gasteiger partial charge in [0.15, 0.2) is 0 Å². The topological polar surface area (TPSA) is 18.5 Å². The van der Waals surface area contributed by atoms with Crippen molar-refractivity contribution in [1.29, 1.82) is 0 Å². The van der Waals surface area contributed by atoms with Gasteiger partial charge in [0.1, 0.15) is 0 Å². The van der Waals surface area contributed by atoms with Crippen LogP contribution in [0, 0.1) is 0 Å². The molecule has 0 aliphatic heterocycles. The smallest absolute Gasteiger partial charge is 2.00 e. The summed E-state index contributed by atoms with van der Waals surface area (Å²) in [5.74, 6) is 0. The number of hydrogen-bond donors (Lipinski definition) is 0. The van der Waals surface area contributed by atoms with Gasteiger partial charge in [-0.05, 0) is 48.2 Å². The maximum absolute atomic E-state index is 6.11. The van der Waals surface area contributed by atoms with Crippen molar-refractivity contribution in [3.63, 3.8) is 0 Å². The molecule has 0 heterocycles. The maximum Gasteiger partial charge on any atom is 2.00 e. The Hall–Kier alpha value is 1.11. The molecule has 0 saturated carbocycles. The largest absolute Gasteiger partial charge is 2.00 e. The van der Waals surface area contributed by atoms with E-state index in [-0.39, 0.29) is 33.0 Å². The van der Waals surface area contributed by atoms with E-state index in [9.17, 15) is 0 Å². The predicted octanol–water partition coefficient (Wildman–Crippen LogP) is 7.97. The van der Waals surface area contributed by atoms with Crippen molar-refractivity contribution in [2.75, 3.05) is 13.2 Å². The first kappa shape index (κ1) is 30.3. The molecular formula is C20H35O2PS3Zn. The molecule has 2 nitrogen and oxygen atoms in total. The molecule has 27 heavy (non-hydrogen) atoms. The van der Waals surface area contributed by atoms with Gasteiger partial charge in [-0.15, -0.1) is 0 Å². The summed E-state index contributed by atoms with van der Waals surface area (Å²) >= 11 is 7.42. The fraction of sp³-hybridized carbons (Fsp3) is 0.700. The van der Waals surface area contributed by atoms with Crippen LogP contribution in [0.25, 0.3) is 0 Å². The minimum absolute atomic E-state index is 0. The monoisotopic (exact) mass is 498 g/mol. The molecule has 0 aromatic heterocycles. The normalized spacial score (nSPS) is 10.9. The molecule has 152 valence electrons. The molecule has 1 rings (SSSR count). The van der Waals surface area contributed by atoms with E-state index >= 15 is 0 Å². The fourth-order valence-electron chi connectivity index (χ4n) is 2.46. The van der Waals surface area contributed by atoms with Crippen molar-refractivity contribution in [2.24, 2.45) is 0 Å². The average Bonchev–Trinajstić information content (AvgIpc) is 2.62. The minimum Gasteiger partial charge on any atom is -2.00 e. The quantitative estimate of drug-likeness (QED) is 0.130. The van der Waals surface area contributed by atoms with Crippen LogP contribution in [0.15, 0.2) is 35.2 Å². The van der Waals surface area contributed by atoms with Crippen LogP contribution < -0.4 is 0 Å². The summed E-state index contributed by atoms with van der Waals surface area (Å²) in [4.78, 5) is 1.14. The van der Waals surface area contributed by atoms with Crippen molar-refractivity contribution in [3.05, 3.63) is 30.3 Å². The van der Waals surface area contributed by atoms with E-state index in [4.69, 9.17) is 20.9 Å². The van der Waals surface area contributed by atoms with E-state index in [2.05, 4.69) is 26.0 Å². The summed E-state index contributed by atoms with van der Waals surface area (Å²) in [6.07, 6.45) is 12.3. The number of unbranched alkanes of at least 4 members (excludes halogenated alkanes) is 8. The molecule has 7 heteroatoms. The molecule has 1 aromatic carbocycles. The second-order valence-electron chi connectivity index (χ2n) is 6.35. The SMILES string of the molecule is CCCCCCCOP(=S)(OCCCCCCC)Sc1ccccc1.[S-2].[Zn+2]. The zero-order chi connectivity index (χ0) is 18.2. The van der Waals surface area contributed by atoms with Crippen LogP contribution in [0.4, 0.5) is 0 Å². The third-order valence-electron chi connectivity index (χ3n) is 3.96. The molecule has 0 aliphatic carbocycles. The molecule has 0 bridgehead atoms. The van der Waals surface area contributed by atoms with E-state index < -0.39 is 5.69 Å². The van der Waals surface area contributed by atoms with Crippen molar-refractivity contribution < 1.29 is 28.5 Å². The molecule has 0 N–H and O–H groups in total. The molecule has 0 spiro atoms. The Morgan fingerprint density at radius 1 is 0.778 bits per heavy atom. The van der Waals surface area contributed by atoms with Crippen LogP contribution >= 0.6 is 17.1 Å². The Balaban J connectivity index is 0. The van der Waals surface area contributed by atoms with Crippen LogP contribution in [-0.4, -0.2) is 13.2 Å². The standard InChI is InChI=1S/C20H35O2PS2.S.Zn/c1-3-5-7-9-14-18-21-23(24,22-19-15-10-8-6-4-2)25-20-16-12-11-13-17-20;;/h11-13,16-17H,3-10,14-15,18-19H2,1-2H3;;/q;-2;+2. The third-order valence-corrected chi connectivity index (χ3v) is 8.90. The first-order valence-electron chi connectivity index (χ1n) is 9.84. The van der Waals surface area contributed by atoms with Gasteiger partial charge in [-0.1, -0.05) is 83.4 Å². The fourth-order valence-corrected chi connectivity index (χ4v) is 7.01. The summed E-state index contributed by atoms with van der Waals surface area (Å²) < 4.78 is 12.2. The second-order valence-corrected chi connectivity index (χ2v) is 12.5. The molecule has 0 radical (unpaired) electrons. The van der Waals surface area contributed by atoms with Crippen LogP contribution in [0.5, 0.6) is 0 Å². The predicted molar refractivity (Wildman–Crippen MR) is 123 cm³/mol. The zero-order valence-corrected chi connectivity index (χ0v) is 23.4. The zero-order valence-electron chi connectivity index (χ0n) is 17.1. The summed E-state index contributed by atoms with van der Waals surface area (Å²) in [5.41, 5.74) is -2.30. The Labute approximate surface area is 196 Å². The van der Waals surface area contributed by atoms with E-state index in [1.54, 1.807) is 11.4 Å². The molecular weight excluding hydrogens is 465 g/mol. The Kier molecular flexibility index (Phi) is 22.9. The van der Waals surface area contributed by atoms with Gasteiger partial charge in [0.05, 0.1) is 13.2 Å². The van der Waals surface area contributed by atoms with Crippen LogP contribution in [0.3, 0.4) is 0 Å². The van der Waals surface area contributed by atoms with Gasteiger partial charge in [0, 0.05) is 4.90 Å². The maximum atomic E-state index is 6.11. The van der Waals surface area contributed by atoms with Gasteiger partial charge in [-0.2, -0.15) is 0 Å². The molecule has 0 saturated heterocycles. The molecule has 0 aliphatic rings. The second kappa shape index (κ2) is 20.4. The number of benzene rings is 1. The van der Waals surface area contributed by atoms with Crippen LogP contribution in [0.2, 0.25) is 0 Å². The summed E-state index contributed by atoms with van der Waals surface area (Å²) in [6.45, 7) is 5.91. The van der Waals surface area contributed by atoms with E-state index in [0.717, 1.165) is 31.0 Å². The van der Waals surface area contributed by atoms with Crippen molar-refractivity contribution >= 4 is 42.4 Å². The number of hydrogen-bond acceptors (Lipinski definition) is 4. The van der Waals surface area contributed by atoms with Gasteiger partial charge < -0.3 is 22.5 Å². The first-order chi connectivity index (χ1) is 12.2. The van der Waals surface area contributed by atoms with Crippen LogP contribution in [-0.2, 0) is 53.8 Å². The van der Waals surface area contributed by atoms with Crippen molar-refractivity contribution in [2.45, 2.75) is 83.0 Å². The third kappa shape index (κ3) is 16.6. The average molecular weight is 500 g/mol. The molecule has 1 aromatic rings. The Morgan fingerprint density at radius 2 is 1.22 bits per heavy atom. The molecule has 0 fully saturated rings. The van der Waals surface area contributed by atoms with Gasteiger partial charge in [0.25, 0.3) is 5.69 Å². The van der Waals surface area contributed by atoms with Crippen molar-refractivity contribution in [3.8, 4) is 0 Å². The Bertz CT molecular complexity index is 458. The minimum atomic E-state index is -2.30. The first-order valence-corrected chi connectivity index (χ1v) is 13.9.